The number of benzene rings is 1. The number of carbonyl (C=O) groups is 1. The first-order valence-corrected chi connectivity index (χ1v) is 5.83. The Morgan fingerprint density at radius 3 is 2.58 bits per heavy atom. The molecule has 1 aliphatic heterocycles. The first-order chi connectivity index (χ1) is 8.94. The first-order valence-electron chi connectivity index (χ1n) is 5.83. The maximum absolute atomic E-state index is 12.3. The van der Waals surface area contributed by atoms with Gasteiger partial charge in [0.15, 0.2) is 0 Å². The quantitative estimate of drug-likeness (QED) is 0.640. The molecule has 0 saturated carbocycles. The molecule has 1 heterocycles. The summed E-state index contributed by atoms with van der Waals surface area (Å²) in [7, 11) is 1.59. The van der Waals surface area contributed by atoms with Crippen molar-refractivity contribution in [2.24, 2.45) is 5.73 Å². The molecule has 102 valence electrons. The molecule has 2 N–H and O–H groups in total. The number of anilines is 1. The molecule has 1 aliphatic rings. The number of hydrogen-bond donors (Lipinski definition) is 1. The summed E-state index contributed by atoms with van der Waals surface area (Å²) in [5, 5.41) is 10.6. The van der Waals surface area contributed by atoms with Gasteiger partial charge in [-0.05, 0) is 18.6 Å². The molecule has 1 saturated heterocycles. The highest BCUT2D eigenvalue weighted by molar-refractivity contribution is 6.00. The van der Waals surface area contributed by atoms with Gasteiger partial charge in [-0.3, -0.25) is 14.9 Å². The van der Waals surface area contributed by atoms with Crippen molar-refractivity contribution >= 4 is 17.3 Å². The zero-order valence-corrected chi connectivity index (χ0v) is 10.5. The topological polar surface area (TPSA) is 98.7 Å². The Kier molecular flexibility index (Phi) is 3.50. The molecule has 1 unspecified atom stereocenters. The molecule has 1 atom stereocenters. The van der Waals surface area contributed by atoms with Crippen LogP contribution in [0.15, 0.2) is 24.3 Å². The van der Waals surface area contributed by atoms with Crippen molar-refractivity contribution in [3.8, 4) is 0 Å². The van der Waals surface area contributed by atoms with Crippen molar-refractivity contribution in [2.45, 2.75) is 12.0 Å². The van der Waals surface area contributed by atoms with E-state index in [2.05, 4.69) is 0 Å². The fourth-order valence-electron chi connectivity index (χ4n) is 2.00. The van der Waals surface area contributed by atoms with E-state index < -0.39 is 10.5 Å². The van der Waals surface area contributed by atoms with E-state index in [1.165, 1.54) is 29.2 Å². The maximum Gasteiger partial charge on any atom is 0.269 e. The number of nitrogens with two attached hydrogens (primary N) is 1. The Morgan fingerprint density at radius 2 is 2.11 bits per heavy atom. The van der Waals surface area contributed by atoms with Gasteiger partial charge in [0, 0.05) is 31.5 Å². The number of non-ortho nitro benzene ring substituents is 1. The van der Waals surface area contributed by atoms with Gasteiger partial charge in [-0.2, -0.15) is 0 Å². The fraction of sp³-hybridized carbons (Fsp3) is 0.417. The van der Waals surface area contributed by atoms with Crippen LogP contribution in [-0.4, -0.2) is 36.6 Å². The zero-order chi connectivity index (χ0) is 14.0. The smallest absolute Gasteiger partial charge is 0.269 e. The first kappa shape index (κ1) is 13.4. The van der Waals surface area contributed by atoms with Crippen LogP contribution in [0.5, 0.6) is 0 Å². The molecule has 0 radical (unpaired) electrons. The zero-order valence-electron chi connectivity index (χ0n) is 10.5. The Bertz CT molecular complexity index is 494. The van der Waals surface area contributed by atoms with Crippen LogP contribution < -0.4 is 10.6 Å². The summed E-state index contributed by atoms with van der Waals surface area (Å²) in [6.07, 6.45) is 0.475. The van der Waals surface area contributed by atoms with E-state index >= 15 is 0 Å². The predicted molar refractivity (Wildman–Crippen MR) is 68.9 cm³/mol. The lowest BCUT2D eigenvalue weighted by molar-refractivity contribution is -0.384. The molecular formula is C12H15N3O4. The van der Waals surface area contributed by atoms with Crippen molar-refractivity contribution in [3.05, 3.63) is 34.4 Å². The van der Waals surface area contributed by atoms with Gasteiger partial charge in [0.2, 0.25) is 5.91 Å². The van der Waals surface area contributed by atoms with Crippen molar-refractivity contribution in [3.63, 3.8) is 0 Å². The van der Waals surface area contributed by atoms with Crippen LogP contribution in [-0.2, 0) is 9.53 Å². The van der Waals surface area contributed by atoms with Crippen molar-refractivity contribution in [2.75, 3.05) is 25.2 Å². The van der Waals surface area contributed by atoms with Crippen molar-refractivity contribution in [1.29, 1.82) is 0 Å². The lowest BCUT2D eigenvalue weighted by Gasteiger charge is -2.27. The second kappa shape index (κ2) is 4.94. The minimum absolute atomic E-state index is 0.0174. The SMILES string of the molecule is CN(C(=O)C1(N)CCOC1)c1ccc([N+](=O)[O-])cc1. The van der Waals surface area contributed by atoms with Gasteiger partial charge in [0.1, 0.15) is 5.54 Å². The summed E-state index contributed by atoms with van der Waals surface area (Å²) in [6.45, 7) is 0.666. The molecule has 19 heavy (non-hydrogen) atoms. The monoisotopic (exact) mass is 265 g/mol. The van der Waals surface area contributed by atoms with E-state index in [1.54, 1.807) is 7.05 Å². The number of nitrogens with zero attached hydrogens (tertiary/aromatic N) is 2. The molecule has 0 aliphatic carbocycles. The van der Waals surface area contributed by atoms with Crippen LogP contribution in [0.2, 0.25) is 0 Å². The number of rotatable bonds is 3. The second-order valence-electron chi connectivity index (χ2n) is 4.60. The third kappa shape index (κ3) is 2.56. The molecule has 1 amide bonds. The number of nitro benzene ring substituents is 1. The summed E-state index contributed by atoms with van der Waals surface area (Å²) < 4.78 is 5.16. The Labute approximate surface area is 110 Å². The Morgan fingerprint density at radius 1 is 1.47 bits per heavy atom. The average Bonchev–Trinajstić information content (AvgIpc) is 2.85. The van der Waals surface area contributed by atoms with E-state index in [-0.39, 0.29) is 18.2 Å². The molecular weight excluding hydrogens is 250 g/mol. The average molecular weight is 265 g/mol. The summed E-state index contributed by atoms with van der Waals surface area (Å²) >= 11 is 0. The van der Waals surface area contributed by atoms with Crippen LogP contribution in [0.1, 0.15) is 6.42 Å². The molecule has 7 nitrogen and oxygen atoms in total. The van der Waals surface area contributed by atoms with E-state index in [0.717, 1.165) is 0 Å². The Hall–Kier alpha value is -1.99. The van der Waals surface area contributed by atoms with Gasteiger partial charge >= 0.3 is 0 Å². The van der Waals surface area contributed by atoms with Gasteiger partial charge in [-0.1, -0.05) is 0 Å². The highest BCUT2D eigenvalue weighted by Crippen LogP contribution is 2.23. The molecule has 1 aromatic rings. The van der Waals surface area contributed by atoms with Gasteiger partial charge in [-0.15, -0.1) is 0 Å². The molecule has 2 rings (SSSR count). The summed E-state index contributed by atoms with van der Waals surface area (Å²) in [5.74, 6) is -0.251. The van der Waals surface area contributed by atoms with Crippen LogP contribution >= 0.6 is 0 Å². The molecule has 0 spiro atoms. The molecule has 1 fully saturated rings. The molecule has 1 aromatic carbocycles. The number of nitro groups is 1. The lowest BCUT2D eigenvalue weighted by Crippen LogP contribution is -2.55. The minimum atomic E-state index is -1.00. The third-order valence-corrected chi connectivity index (χ3v) is 3.23. The fourth-order valence-corrected chi connectivity index (χ4v) is 2.00. The van der Waals surface area contributed by atoms with Gasteiger partial charge in [0.05, 0.1) is 11.5 Å². The van der Waals surface area contributed by atoms with Crippen LogP contribution in [0.3, 0.4) is 0 Å². The summed E-state index contributed by atoms with van der Waals surface area (Å²) in [4.78, 5) is 23.8. The van der Waals surface area contributed by atoms with E-state index in [9.17, 15) is 14.9 Å². The predicted octanol–water partition coefficient (Wildman–Crippen LogP) is 0.675. The van der Waals surface area contributed by atoms with Crippen molar-refractivity contribution < 1.29 is 14.5 Å². The highest BCUT2D eigenvalue weighted by Gasteiger charge is 2.40. The maximum atomic E-state index is 12.3. The minimum Gasteiger partial charge on any atom is -0.379 e. The van der Waals surface area contributed by atoms with Gasteiger partial charge < -0.3 is 15.4 Å². The molecule has 0 aromatic heterocycles. The Balaban J connectivity index is 2.17. The number of carbonyl (C=O) groups excluding carboxylic acids is 1. The number of amides is 1. The lowest BCUT2D eigenvalue weighted by atomic mass is 9.98. The van der Waals surface area contributed by atoms with Crippen LogP contribution in [0.25, 0.3) is 0 Å². The number of hydrogen-bond acceptors (Lipinski definition) is 5. The van der Waals surface area contributed by atoms with E-state index in [4.69, 9.17) is 10.5 Å². The van der Waals surface area contributed by atoms with Gasteiger partial charge in [-0.25, -0.2) is 0 Å². The molecule has 0 bridgehead atoms. The van der Waals surface area contributed by atoms with E-state index in [0.29, 0.717) is 18.7 Å². The van der Waals surface area contributed by atoms with Crippen LogP contribution in [0.4, 0.5) is 11.4 Å². The van der Waals surface area contributed by atoms with E-state index in [1.807, 2.05) is 0 Å². The third-order valence-electron chi connectivity index (χ3n) is 3.23. The second-order valence-corrected chi connectivity index (χ2v) is 4.60. The van der Waals surface area contributed by atoms with Gasteiger partial charge in [0.25, 0.3) is 5.69 Å². The summed E-state index contributed by atoms with van der Waals surface area (Å²) in [6, 6.07) is 5.76. The summed E-state index contributed by atoms with van der Waals surface area (Å²) in [5.41, 5.74) is 5.54. The number of likely N-dealkylation sites (N-methyl/N-ethyl adjacent to an activating group) is 1. The normalized spacial score (nSPS) is 22.2. The molecule has 7 heteroatoms. The number of ether oxygens (including phenoxy) is 1. The standard InChI is InChI=1S/C12H15N3O4/c1-14(11(16)12(13)6-7-19-8-12)9-2-4-10(5-3-9)15(17)18/h2-5H,6-8,13H2,1H3. The van der Waals surface area contributed by atoms with Crippen LogP contribution in [0, 0.1) is 10.1 Å². The largest absolute Gasteiger partial charge is 0.379 e. The highest BCUT2D eigenvalue weighted by atomic mass is 16.6. The van der Waals surface area contributed by atoms with Crippen molar-refractivity contribution in [1.82, 2.24) is 0 Å².